The maximum absolute atomic E-state index is 11.2. The van der Waals surface area contributed by atoms with E-state index in [1.807, 2.05) is 0 Å². The van der Waals surface area contributed by atoms with Crippen molar-refractivity contribution < 1.29 is 4.79 Å². The zero-order valence-corrected chi connectivity index (χ0v) is 6.42. The molecule has 0 bridgehead atoms. The van der Waals surface area contributed by atoms with Crippen LogP contribution in [-0.4, -0.2) is 18.5 Å². The van der Waals surface area contributed by atoms with Crippen LogP contribution >= 0.6 is 0 Å². The summed E-state index contributed by atoms with van der Waals surface area (Å²) < 4.78 is 0. The molecule has 0 saturated heterocycles. The molecule has 2 nitrogen and oxygen atoms in total. The van der Waals surface area contributed by atoms with Gasteiger partial charge in [-0.1, -0.05) is 6.08 Å². The summed E-state index contributed by atoms with van der Waals surface area (Å²) in [7, 11) is 0. The molecule has 0 aromatic rings. The lowest BCUT2D eigenvalue weighted by Gasteiger charge is -2.04. The number of aliphatic imine (C=N–C) groups is 1. The van der Waals surface area contributed by atoms with Crippen molar-refractivity contribution in [1.82, 2.24) is 0 Å². The van der Waals surface area contributed by atoms with E-state index >= 15 is 0 Å². The third-order valence-electron chi connectivity index (χ3n) is 1.58. The fourth-order valence-electron chi connectivity index (χ4n) is 0.980. The Morgan fingerprint density at radius 1 is 1.82 bits per heavy atom. The van der Waals surface area contributed by atoms with E-state index in [4.69, 9.17) is 0 Å². The van der Waals surface area contributed by atoms with Gasteiger partial charge in [0.15, 0.2) is 5.78 Å². The van der Waals surface area contributed by atoms with Gasteiger partial charge in [-0.15, -0.1) is 6.58 Å². The lowest BCUT2D eigenvalue weighted by Crippen LogP contribution is -2.05. The molecule has 0 aromatic heterocycles. The molecule has 1 aliphatic rings. The summed E-state index contributed by atoms with van der Waals surface area (Å²) >= 11 is 0. The van der Waals surface area contributed by atoms with Gasteiger partial charge in [0.25, 0.3) is 0 Å². The Kier molecular flexibility index (Phi) is 2.78. The predicted molar refractivity (Wildman–Crippen MR) is 45.9 cm³/mol. The van der Waals surface area contributed by atoms with Crippen molar-refractivity contribution in [2.24, 2.45) is 4.99 Å². The van der Waals surface area contributed by atoms with Crippen LogP contribution in [0, 0.1) is 0 Å². The second-order valence-electron chi connectivity index (χ2n) is 2.41. The molecule has 0 aliphatic carbocycles. The Morgan fingerprint density at radius 2 is 2.64 bits per heavy atom. The highest BCUT2D eigenvalue weighted by molar-refractivity contribution is 6.00. The molecule has 0 saturated carbocycles. The topological polar surface area (TPSA) is 29.4 Å². The average molecular weight is 149 g/mol. The zero-order chi connectivity index (χ0) is 8.10. The van der Waals surface area contributed by atoms with Crippen molar-refractivity contribution in [3.63, 3.8) is 0 Å². The summed E-state index contributed by atoms with van der Waals surface area (Å²) in [5.74, 6) is 0.172. The summed E-state index contributed by atoms with van der Waals surface area (Å²) in [6.45, 7) is 4.26. The molecule has 0 aromatic carbocycles. The molecule has 0 radical (unpaired) electrons. The highest BCUT2D eigenvalue weighted by Crippen LogP contribution is 2.08. The summed E-state index contributed by atoms with van der Waals surface area (Å²) in [5, 5.41) is 0. The summed E-state index contributed by atoms with van der Waals surface area (Å²) in [6.07, 6.45) is 6.34. The first kappa shape index (κ1) is 7.92. The van der Waals surface area contributed by atoms with E-state index in [0.717, 1.165) is 18.5 Å². The fraction of sp³-hybridized carbons (Fsp3) is 0.333. The van der Waals surface area contributed by atoms with Crippen molar-refractivity contribution >= 4 is 12.0 Å². The summed E-state index contributed by atoms with van der Waals surface area (Å²) in [6, 6.07) is 0. The Labute approximate surface area is 66.3 Å². The van der Waals surface area contributed by atoms with Crippen LogP contribution in [-0.2, 0) is 4.79 Å². The molecule has 0 fully saturated rings. The van der Waals surface area contributed by atoms with Gasteiger partial charge in [-0.3, -0.25) is 9.79 Å². The first-order valence-corrected chi connectivity index (χ1v) is 3.67. The van der Waals surface area contributed by atoms with Gasteiger partial charge in [0, 0.05) is 19.2 Å². The summed E-state index contributed by atoms with van der Waals surface area (Å²) in [5.41, 5.74) is 0.875. The van der Waals surface area contributed by atoms with Crippen molar-refractivity contribution in [2.75, 3.05) is 6.54 Å². The Balaban J connectivity index is 2.58. The second-order valence-corrected chi connectivity index (χ2v) is 2.41. The van der Waals surface area contributed by atoms with E-state index in [9.17, 15) is 4.79 Å². The molecule has 58 valence electrons. The van der Waals surface area contributed by atoms with E-state index in [2.05, 4.69) is 11.6 Å². The number of nitrogens with zero attached hydrogens (tertiary/aromatic N) is 1. The number of allylic oxidation sites excluding steroid dienone is 2. The monoisotopic (exact) mass is 149 g/mol. The molecule has 1 heterocycles. The van der Waals surface area contributed by atoms with Gasteiger partial charge in [-0.05, 0) is 18.1 Å². The molecule has 1 aliphatic heterocycles. The van der Waals surface area contributed by atoms with Crippen LogP contribution in [0.3, 0.4) is 0 Å². The van der Waals surface area contributed by atoms with E-state index in [1.54, 1.807) is 18.4 Å². The number of carbonyl (C=O) groups is 1. The predicted octanol–water partition coefficient (Wildman–Crippen LogP) is 1.53. The quantitative estimate of drug-likeness (QED) is 0.559. The standard InChI is InChI=1S/C9H11NO/c1-2-3-9(11)8-4-6-10-7-5-8/h2,4,6H,1,3,5,7H2. The number of Topliss-reactive ketones (excluding diaryl/α,β-unsaturated/α-hetero) is 1. The minimum absolute atomic E-state index is 0.172. The molecule has 1 rings (SSSR count). The van der Waals surface area contributed by atoms with Crippen LogP contribution < -0.4 is 0 Å². The highest BCUT2D eigenvalue weighted by Gasteiger charge is 2.07. The summed E-state index contributed by atoms with van der Waals surface area (Å²) in [4.78, 5) is 15.2. The van der Waals surface area contributed by atoms with Crippen LogP contribution in [0.25, 0.3) is 0 Å². The minimum atomic E-state index is 0.172. The maximum Gasteiger partial charge on any atom is 0.162 e. The van der Waals surface area contributed by atoms with E-state index in [1.165, 1.54) is 0 Å². The second kappa shape index (κ2) is 3.86. The molecular weight excluding hydrogens is 138 g/mol. The molecule has 0 spiro atoms. The number of carbonyl (C=O) groups excluding carboxylic acids is 1. The van der Waals surface area contributed by atoms with Crippen LogP contribution in [0.4, 0.5) is 0 Å². The van der Waals surface area contributed by atoms with Gasteiger partial charge in [0.1, 0.15) is 0 Å². The smallest absolute Gasteiger partial charge is 0.162 e. The van der Waals surface area contributed by atoms with E-state index < -0.39 is 0 Å². The van der Waals surface area contributed by atoms with Gasteiger partial charge >= 0.3 is 0 Å². The molecule has 11 heavy (non-hydrogen) atoms. The highest BCUT2D eigenvalue weighted by atomic mass is 16.1. The average Bonchev–Trinajstić information content (AvgIpc) is 2.07. The van der Waals surface area contributed by atoms with Crippen LogP contribution in [0.2, 0.25) is 0 Å². The first-order chi connectivity index (χ1) is 5.34. The van der Waals surface area contributed by atoms with Gasteiger partial charge < -0.3 is 0 Å². The largest absolute Gasteiger partial charge is 0.294 e. The molecule has 0 amide bonds. The number of ketones is 1. The van der Waals surface area contributed by atoms with Gasteiger partial charge in [-0.25, -0.2) is 0 Å². The Bertz CT molecular complexity index is 226. The molecule has 0 N–H and O–H groups in total. The zero-order valence-electron chi connectivity index (χ0n) is 6.42. The normalized spacial score (nSPS) is 15.8. The van der Waals surface area contributed by atoms with Crippen LogP contribution in [0.5, 0.6) is 0 Å². The fourth-order valence-corrected chi connectivity index (χ4v) is 0.980. The molecular formula is C9H11NO. The van der Waals surface area contributed by atoms with E-state index in [0.29, 0.717) is 6.42 Å². The number of hydrogen-bond donors (Lipinski definition) is 0. The number of hydrogen-bond acceptors (Lipinski definition) is 2. The lowest BCUT2D eigenvalue weighted by atomic mass is 10.0. The van der Waals surface area contributed by atoms with Crippen LogP contribution in [0.1, 0.15) is 12.8 Å². The number of rotatable bonds is 3. The van der Waals surface area contributed by atoms with Crippen molar-refractivity contribution in [1.29, 1.82) is 0 Å². The number of dihydropyridines is 1. The van der Waals surface area contributed by atoms with Gasteiger partial charge in [-0.2, -0.15) is 0 Å². The lowest BCUT2D eigenvalue weighted by molar-refractivity contribution is -0.114. The van der Waals surface area contributed by atoms with Gasteiger partial charge in [0.05, 0.1) is 0 Å². The third-order valence-corrected chi connectivity index (χ3v) is 1.58. The SMILES string of the molecule is C=CCC(=O)C1=CC=NCC1. The van der Waals surface area contributed by atoms with Crippen molar-refractivity contribution in [3.8, 4) is 0 Å². The molecule has 0 unspecified atom stereocenters. The van der Waals surface area contributed by atoms with Crippen molar-refractivity contribution in [2.45, 2.75) is 12.8 Å². The van der Waals surface area contributed by atoms with Crippen LogP contribution in [0.15, 0.2) is 29.3 Å². The van der Waals surface area contributed by atoms with Crippen molar-refractivity contribution in [3.05, 3.63) is 24.3 Å². The molecule has 0 atom stereocenters. The maximum atomic E-state index is 11.2. The Morgan fingerprint density at radius 3 is 3.18 bits per heavy atom. The first-order valence-electron chi connectivity index (χ1n) is 3.67. The third kappa shape index (κ3) is 2.15. The Hall–Kier alpha value is -1.18. The minimum Gasteiger partial charge on any atom is -0.294 e. The van der Waals surface area contributed by atoms with Gasteiger partial charge in [0.2, 0.25) is 0 Å². The van der Waals surface area contributed by atoms with E-state index in [-0.39, 0.29) is 5.78 Å². The molecule has 2 heteroatoms.